The van der Waals surface area contributed by atoms with Crippen molar-refractivity contribution in [2.75, 3.05) is 6.54 Å². The molecular formula is C30H25Cl2N5O2. The summed E-state index contributed by atoms with van der Waals surface area (Å²) in [6.45, 7) is 1.79. The Morgan fingerprint density at radius 3 is 2.31 bits per heavy atom. The van der Waals surface area contributed by atoms with E-state index in [2.05, 4.69) is 15.2 Å². The van der Waals surface area contributed by atoms with Crippen molar-refractivity contribution in [3.8, 4) is 17.0 Å². The molecule has 39 heavy (non-hydrogen) atoms. The summed E-state index contributed by atoms with van der Waals surface area (Å²) in [5.41, 5.74) is 5.07. The third-order valence-corrected chi connectivity index (χ3v) is 7.37. The molecule has 0 bridgehead atoms. The summed E-state index contributed by atoms with van der Waals surface area (Å²) in [7, 11) is 0. The normalized spacial score (nSPS) is 14.6. The third-order valence-electron chi connectivity index (χ3n) is 6.87. The molecule has 0 saturated carbocycles. The van der Waals surface area contributed by atoms with Crippen LogP contribution >= 0.6 is 23.2 Å². The molecule has 1 atom stereocenters. The van der Waals surface area contributed by atoms with Crippen LogP contribution in [-0.2, 0) is 13.2 Å². The number of rotatable bonds is 9. The van der Waals surface area contributed by atoms with Gasteiger partial charge in [-0.3, -0.25) is 9.89 Å². The number of hydrogen-bond acceptors (Lipinski definition) is 4. The number of fused-ring (bicyclic) bond motifs is 1. The maximum atomic E-state index is 13.6. The van der Waals surface area contributed by atoms with Crippen molar-refractivity contribution in [1.29, 1.82) is 0 Å². The van der Waals surface area contributed by atoms with E-state index >= 15 is 0 Å². The summed E-state index contributed by atoms with van der Waals surface area (Å²) in [6.07, 6.45) is 6.26. The van der Waals surface area contributed by atoms with Gasteiger partial charge in [-0.05, 0) is 53.9 Å². The number of aryl methyl sites for hydroxylation is 1. The molecule has 2 aromatic heterocycles. The highest BCUT2D eigenvalue weighted by Crippen LogP contribution is 2.43. The van der Waals surface area contributed by atoms with E-state index in [-0.39, 0.29) is 11.9 Å². The maximum Gasteiger partial charge on any atom is 0.273 e. The summed E-state index contributed by atoms with van der Waals surface area (Å²) in [6, 6.07) is 22.7. The number of amides is 1. The van der Waals surface area contributed by atoms with Gasteiger partial charge in [-0.1, -0.05) is 59.6 Å². The Morgan fingerprint density at radius 2 is 1.62 bits per heavy atom. The fourth-order valence-corrected chi connectivity index (χ4v) is 5.19. The lowest BCUT2D eigenvalue weighted by Crippen LogP contribution is -2.31. The Hall–Kier alpha value is -4.07. The maximum absolute atomic E-state index is 13.6. The highest BCUT2D eigenvalue weighted by molar-refractivity contribution is 6.30. The zero-order valence-electron chi connectivity index (χ0n) is 20.9. The number of benzene rings is 3. The van der Waals surface area contributed by atoms with E-state index in [4.69, 9.17) is 27.9 Å². The van der Waals surface area contributed by atoms with Gasteiger partial charge in [-0.15, -0.1) is 0 Å². The second-order valence-electron chi connectivity index (χ2n) is 9.41. The van der Waals surface area contributed by atoms with Gasteiger partial charge in [-0.25, -0.2) is 4.98 Å². The minimum absolute atomic E-state index is 0.0589. The SMILES string of the molecule is O=C1c2[nH]nc(-c3ccc(Cl)cc3)c2C(c2ccc(OCc3ccc(Cl)cc3)cc2)N1CCCn1ccnc1. The predicted octanol–water partition coefficient (Wildman–Crippen LogP) is 6.79. The van der Waals surface area contributed by atoms with Crippen molar-refractivity contribution in [2.45, 2.75) is 25.6 Å². The molecule has 1 N–H and O–H groups in total. The Labute approximate surface area is 236 Å². The lowest BCUT2D eigenvalue weighted by atomic mass is 9.96. The molecule has 1 amide bonds. The summed E-state index contributed by atoms with van der Waals surface area (Å²) in [4.78, 5) is 19.6. The van der Waals surface area contributed by atoms with Crippen LogP contribution in [-0.4, -0.2) is 37.1 Å². The first-order chi connectivity index (χ1) is 19.1. The summed E-state index contributed by atoms with van der Waals surface area (Å²) < 4.78 is 8.02. The Kier molecular flexibility index (Phi) is 7.09. The molecule has 6 rings (SSSR count). The van der Waals surface area contributed by atoms with Crippen molar-refractivity contribution >= 4 is 29.1 Å². The number of nitrogens with zero attached hydrogens (tertiary/aromatic N) is 4. The van der Waals surface area contributed by atoms with Gasteiger partial charge in [-0.2, -0.15) is 5.10 Å². The molecule has 9 heteroatoms. The first-order valence-corrected chi connectivity index (χ1v) is 13.4. The fourth-order valence-electron chi connectivity index (χ4n) is 4.94. The molecule has 0 aliphatic carbocycles. The number of carbonyl (C=O) groups excluding carboxylic acids is 1. The van der Waals surface area contributed by atoms with Crippen molar-refractivity contribution < 1.29 is 9.53 Å². The van der Waals surface area contributed by atoms with Crippen LogP contribution in [0.1, 0.15) is 39.6 Å². The van der Waals surface area contributed by atoms with E-state index in [1.54, 1.807) is 12.5 Å². The molecule has 0 radical (unpaired) electrons. The van der Waals surface area contributed by atoms with Crippen molar-refractivity contribution in [1.82, 2.24) is 24.6 Å². The lowest BCUT2D eigenvalue weighted by Gasteiger charge is -2.26. The van der Waals surface area contributed by atoms with E-state index in [9.17, 15) is 4.79 Å². The number of imidazole rings is 1. The molecule has 5 aromatic rings. The van der Waals surface area contributed by atoms with Gasteiger partial charge >= 0.3 is 0 Å². The monoisotopic (exact) mass is 557 g/mol. The minimum atomic E-state index is -0.287. The average molecular weight is 558 g/mol. The van der Waals surface area contributed by atoms with Crippen LogP contribution in [0.15, 0.2) is 91.5 Å². The van der Waals surface area contributed by atoms with Gasteiger partial charge in [0, 0.05) is 46.7 Å². The van der Waals surface area contributed by atoms with E-state index in [1.807, 2.05) is 88.5 Å². The number of carbonyl (C=O) groups is 1. The number of aromatic amines is 1. The van der Waals surface area contributed by atoms with E-state index < -0.39 is 0 Å². The van der Waals surface area contributed by atoms with Crippen LogP contribution < -0.4 is 4.74 Å². The lowest BCUT2D eigenvalue weighted by molar-refractivity contribution is 0.0739. The zero-order valence-corrected chi connectivity index (χ0v) is 22.4. The predicted molar refractivity (Wildman–Crippen MR) is 151 cm³/mol. The number of halogens is 2. The van der Waals surface area contributed by atoms with E-state index in [0.29, 0.717) is 28.9 Å². The first-order valence-electron chi connectivity index (χ1n) is 12.6. The standard InChI is InChI=1S/C30H25Cl2N5O2/c31-23-8-2-20(3-9-23)18-39-25-12-6-22(7-13-25)29-26-27(21-4-10-24(32)11-5-21)34-35-28(26)30(38)37(29)16-1-15-36-17-14-33-19-36/h2-14,17,19,29H,1,15-16,18H2,(H,34,35). The molecule has 0 fully saturated rings. The molecule has 0 spiro atoms. The minimum Gasteiger partial charge on any atom is -0.489 e. The van der Waals surface area contributed by atoms with Crippen molar-refractivity contribution in [2.24, 2.45) is 0 Å². The third kappa shape index (κ3) is 5.28. The number of ether oxygens (including phenoxy) is 1. The van der Waals surface area contributed by atoms with Crippen LogP contribution in [0.5, 0.6) is 5.75 Å². The fraction of sp³-hybridized carbons (Fsp3) is 0.167. The summed E-state index contributed by atoms with van der Waals surface area (Å²) in [5, 5.41) is 8.90. The molecular weight excluding hydrogens is 533 g/mol. The summed E-state index contributed by atoms with van der Waals surface area (Å²) in [5.74, 6) is 0.687. The van der Waals surface area contributed by atoms with E-state index in [1.165, 1.54) is 0 Å². The molecule has 196 valence electrons. The van der Waals surface area contributed by atoms with Crippen molar-refractivity contribution in [3.05, 3.63) is 124 Å². The van der Waals surface area contributed by atoms with Gasteiger partial charge < -0.3 is 14.2 Å². The zero-order chi connectivity index (χ0) is 26.8. The summed E-state index contributed by atoms with van der Waals surface area (Å²) >= 11 is 12.1. The van der Waals surface area contributed by atoms with Gasteiger partial charge in [0.05, 0.1) is 18.1 Å². The average Bonchev–Trinajstić information content (AvgIpc) is 3.68. The number of H-pyrrole nitrogens is 1. The van der Waals surface area contributed by atoms with E-state index in [0.717, 1.165) is 46.7 Å². The quantitative estimate of drug-likeness (QED) is 0.216. The smallest absolute Gasteiger partial charge is 0.273 e. The first kappa shape index (κ1) is 25.2. The van der Waals surface area contributed by atoms with Gasteiger partial charge in [0.15, 0.2) is 0 Å². The van der Waals surface area contributed by atoms with Crippen molar-refractivity contribution in [3.63, 3.8) is 0 Å². The molecule has 3 aromatic carbocycles. The topological polar surface area (TPSA) is 76.0 Å². The van der Waals surface area contributed by atoms with Crippen LogP contribution in [0.3, 0.4) is 0 Å². The second-order valence-corrected chi connectivity index (χ2v) is 10.3. The number of hydrogen-bond donors (Lipinski definition) is 1. The van der Waals surface area contributed by atoms with Crippen LogP contribution in [0, 0.1) is 0 Å². The largest absolute Gasteiger partial charge is 0.489 e. The van der Waals surface area contributed by atoms with Crippen LogP contribution in [0.4, 0.5) is 0 Å². The molecule has 1 unspecified atom stereocenters. The number of nitrogens with one attached hydrogen (secondary N) is 1. The molecule has 1 aliphatic heterocycles. The Morgan fingerprint density at radius 1 is 0.897 bits per heavy atom. The molecule has 3 heterocycles. The van der Waals surface area contributed by atoms with Gasteiger partial charge in [0.1, 0.15) is 18.1 Å². The highest BCUT2D eigenvalue weighted by Gasteiger charge is 2.41. The Balaban J connectivity index is 1.28. The molecule has 0 saturated heterocycles. The Bertz CT molecular complexity index is 1560. The van der Waals surface area contributed by atoms with Gasteiger partial charge in [0.2, 0.25) is 0 Å². The van der Waals surface area contributed by atoms with Crippen LogP contribution in [0.25, 0.3) is 11.3 Å². The van der Waals surface area contributed by atoms with Gasteiger partial charge in [0.25, 0.3) is 5.91 Å². The number of aromatic nitrogens is 4. The second kappa shape index (κ2) is 11.0. The highest BCUT2D eigenvalue weighted by atomic mass is 35.5. The van der Waals surface area contributed by atoms with Crippen LogP contribution in [0.2, 0.25) is 10.0 Å². The molecule has 1 aliphatic rings. The molecule has 7 nitrogen and oxygen atoms in total.